The van der Waals surface area contributed by atoms with Crippen LogP contribution in [0.5, 0.6) is 0 Å². The van der Waals surface area contributed by atoms with E-state index in [-0.39, 0.29) is 5.91 Å². The van der Waals surface area contributed by atoms with Gasteiger partial charge >= 0.3 is 0 Å². The summed E-state index contributed by atoms with van der Waals surface area (Å²) in [5.41, 5.74) is 1.97. The molecule has 1 unspecified atom stereocenters. The van der Waals surface area contributed by atoms with Crippen molar-refractivity contribution in [2.24, 2.45) is 0 Å². The summed E-state index contributed by atoms with van der Waals surface area (Å²) >= 11 is 1.59. The van der Waals surface area contributed by atoms with Gasteiger partial charge in [0.15, 0.2) is 0 Å². The number of fused-ring (bicyclic) bond motifs is 1. The number of carbonyl (C=O) groups excluding carboxylic acids is 1. The first kappa shape index (κ1) is 14.0. The first-order chi connectivity index (χ1) is 9.66. The summed E-state index contributed by atoms with van der Waals surface area (Å²) in [5.74, 6) is 0.756. The largest absolute Gasteiger partial charge is 0.389 e. The Morgan fingerprint density at radius 3 is 2.75 bits per heavy atom. The highest BCUT2D eigenvalue weighted by Crippen LogP contribution is 2.40. The van der Waals surface area contributed by atoms with Gasteiger partial charge in [0, 0.05) is 10.9 Å². The van der Waals surface area contributed by atoms with Gasteiger partial charge in [-0.3, -0.25) is 4.79 Å². The molecule has 108 valence electrons. The van der Waals surface area contributed by atoms with Crippen LogP contribution in [-0.2, 0) is 4.79 Å². The van der Waals surface area contributed by atoms with Crippen LogP contribution in [0.2, 0.25) is 0 Å². The molecule has 20 heavy (non-hydrogen) atoms. The molecule has 1 aliphatic heterocycles. The van der Waals surface area contributed by atoms with Crippen molar-refractivity contribution in [3.63, 3.8) is 0 Å². The van der Waals surface area contributed by atoms with Crippen LogP contribution in [-0.4, -0.2) is 22.8 Å². The van der Waals surface area contributed by atoms with Crippen LogP contribution in [0.3, 0.4) is 0 Å². The molecule has 2 aliphatic rings. The van der Waals surface area contributed by atoms with Crippen molar-refractivity contribution in [3.8, 4) is 0 Å². The van der Waals surface area contributed by atoms with E-state index in [1.165, 1.54) is 19.3 Å². The van der Waals surface area contributed by atoms with Gasteiger partial charge in [-0.25, -0.2) is 0 Å². The van der Waals surface area contributed by atoms with Gasteiger partial charge < -0.3 is 10.0 Å². The molecule has 1 fully saturated rings. The van der Waals surface area contributed by atoms with E-state index in [1.807, 2.05) is 23.1 Å². The van der Waals surface area contributed by atoms with Gasteiger partial charge in [0.05, 0.1) is 17.5 Å². The maximum Gasteiger partial charge on any atom is 0.237 e. The van der Waals surface area contributed by atoms with Crippen LogP contribution in [0.25, 0.3) is 0 Å². The van der Waals surface area contributed by atoms with Gasteiger partial charge in [0.1, 0.15) is 0 Å². The summed E-state index contributed by atoms with van der Waals surface area (Å²) in [6, 6.07) is 6.36. The predicted octanol–water partition coefficient (Wildman–Crippen LogP) is 3.51. The number of aliphatic hydroxyl groups is 1. The number of thioether (sulfide) groups is 1. The quantitative estimate of drug-likeness (QED) is 0.906. The zero-order valence-corrected chi connectivity index (χ0v) is 12.7. The zero-order chi connectivity index (χ0) is 14.1. The molecule has 4 heteroatoms. The Bertz CT molecular complexity index is 509. The lowest BCUT2D eigenvalue weighted by Gasteiger charge is -2.38. The number of benzene rings is 1. The van der Waals surface area contributed by atoms with Crippen molar-refractivity contribution in [3.05, 3.63) is 23.8 Å². The molecule has 0 spiro atoms. The minimum absolute atomic E-state index is 0.235. The van der Waals surface area contributed by atoms with Gasteiger partial charge in [0.25, 0.3) is 0 Å². The van der Waals surface area contributed by atoms with E-state index in [2.05, 4.69) is 0 Å². The van der Waals surface area contributed by atoms with Crippen molar-refractivity contribution < 1.29 is 9.90 Å². The van der Waals surface area contributed by atoms with Crippen molar-refractivity contribution in [2.75, 3.05) is 10.7 Å². The van der Waals surface area contributed by atoms with Gasteiger partial charge in [-0.05, 0) is 37.5 Å². The third kappa shape index (κ3) is 2.59. The molecule has 3 rings (SSSR count). The minimum Gasteiger partial charge on any atom is -0.389 e. The van der Waals surface area contributed by atoms with Gasteiger partial charge in [-0.1, -0.05) is 25.3 Å². The number of hydrogen-bond acceptors (Lipinski definition) is 3. The molecule has 1 N–H and O–H groups in total. The first-order valence-electron chi connectivity index (χ1n) is 7.43. The summed E-state index contributed by atoms with van der Waals surface area (Å²) in [6.45, 7) is 1.78. The molecular weight excluding hydrogens is 270 g/mol. The maximum absolute atomic E-state index is 12.3. The fourth-order valence-corrected chi connectivity index (χ4v) is 4.14. The second-order valence-corrected chi connectivity index (χ2v) is 6.76. The Morgan fingerprint density at radius 1 is 1.30 bits per heavy atom. The smallest absolute Gasteiger partial charge is 0.237 e. The highest BCUT2D eigenvalue weighted by molar-refractivity contribution is 8.00. The molecule has 1 heterocycles. The molecule has 3 nitrogen and oxygen atoms in total. The van der Waals surface area contributed by atoms with E-state index in [0.29, 0.717) is 11.8 Å². The Labute approximate surface area is 124 Å². The standard InChI is InChI=1S/C16H21NO2S/c1-11(18)12-7-8-14-15(9-12)20-10-16(19)17(14)13-5-3-2-4-6-13/h7-9,11,13,18H,2-6,10H2,1H3. The highest BCUT2D eigenvalue weighted by Gasteiger charge is 2.31. The number of amides is 1. The summed E-state index contributed by atoms with van der Waals surface area (Å²) in [7, 11) is 0. The van der Waals surface area contributed by atoms with Crippen LogP contribution in [0.1, 0.15) is 50.7 Å². The second-order valence-electron chi connectivity index (χ2n) is 5.75. The van der Waals surface area contributed by atoms with E-state index in [0.717, 1.165) is 29.0 Å². The number of carbonyl (C=O) groups is 1. The van der Waals surface area contributed by atoms with Crippen molar-refractivity contribution in [1.82, 2.24) is 0 Å². The molecule has 1 saturated carbocycles. The fraction of sp³-hybridized carbons (Fsp3) is 0.562. The molecule has 0 bridgehead atoms. The lowest BCUT2D eigenvalue weighted by molar-refractivity contribution is -0.116. The Kier molecular flexibility index (Phi) is 4.03. The molecule has 1 aromatic rings. The fourth-order valence-electron chi connectivity index (χ4n) is 3.19. The summed E-state index contributed by atoms with van der Waals surface area (Å²) in [4.78, 5) is 15.5. The third-order valence-electron chi connectivity index (χ3n) is 4.29. The van der Waals surface area contributed by atoms with Gasteiger partial charge in [-0.2, -0.15) is 0 Å². The number of rotatable bonds is 2. The molecule has 0 aromatic heterocycles. The van der Waals surface area contributed by atoms with Crippen molar-refractivity contribution in [2.45, 2.75) is 56.1 Å². The molecule has 1 aromatic carbocycles. The van der Waals surface area contributed by atoms with Crippen LogP contribution >= 0.6 is 11.8 Å². The van der Waals surface area contributed by atoms with E-state index >= 15 is 0 Å². The molecule has 1 atom stereocenters. The number of hydrogen-bond donors (Lipinski definition) is 1. The van der Waals surface area contributed by atoms with Crippen molar-refractivity contribution in [1.29, 1.82) is 0 Å². The minimum atomic E-state index is -0.457. The normalized spacial score (nSPS) is 21.7. The van der Waals surface area contributed by atoms with Gasteiger partial charge in [-0.15, -0.1) is 11.8 Å². The van der Waals surface area contributed by atoms with E-state index < -0.39 is 6.10 Å². The molecule has 0 radical (unpaired) electrons. The molecular formula is C16H21NO2S. The predicted molar refractivity (Wildman–Crippen MR) is 82.2 cm³/mol. The lowest BCUT2D eigenvalue weighted by Crippen LogP contribution is -2.44. The average Bonchev–Trinajstić information content (AvgIpc) is 2.47. The van der Waals surface area contributed by atoms with Crippen LogP contribution in [0.15, 0.2) is 23.1 Å². The van der Waals surface area contributed by atoms with Crippen LogP contribution in [0, 0.1) is 0 Å². The van der Waals surface area contributed by atoms with E-state index in [1.54, 1.807) is 18.7 Å². The van der Waals surface area contributed by atoms with Crippen LogP contribution in [0.4, 0.5) is 5.69 Å². The zero-order valence-electron chi connectivity index (χ0n) is 11.8. The number of aliphatic hydroxyl groups excluding tert-OH is 1. The SMILES string of the molecule is CC(O)c1ccc2c(c1)SCC(=O)N2C1CCCCC1. The second kappa shape index (κ2) is 5.78. The molecule has 0 saturated heterocycles. The molecule has 1 aliphatic carbocycles. The van der Waals surface area contributed by atoms with Crippen LogP contribution < -0.4 is 4.90 Å². The Hall–Kier alpha value is -1.00. The number of nitrogens with zero attached hydrogens (tertiary/aromatic N) is 1. The maximum atomic E-state index is 12.3. The van der Waals surface area contributed by atoms with Crippen molar-refractivity contribution >= 4 is 23.4 Å². The average molecular weight is 291 g/mol. The monoisotopic (exact) mass is 291 g/mol. The third-order valence-corrected chi connectivity index (χ3v) is 5.31. The van der Waals surface area contributed by atoms with E-state index in [9.17, 15) is 9.90 Å². The van der Waals surface area contributed by atoms with E-state index in [4.69, 9.17) is 0 Å². The lowest BCUT2D eigenvalue weighted by atomic mass is 9.93. The number of anilines is 1. The molecule has 1 amide bonds. The Morgan fingerprint density at radius 2 is 2.05 bits per heavy atom. The first-order valence-corrected chi connectivity index (χ1v) is 8.42. The summed E-state index contributed by atoms with van der Waals surface area (Å²) in [6.07, 6.45) is 5.52. The summed E-state index contributed by atoms with van der Waals surface area (Å²) in [5, 5.41) is 9.70. The summed E-state index contributed by atoms with van der Waals surface area (Å²) < 4.78 is 0. The Balaban J connectivity index is 1.94. The topological polar surface area (TPSA) is 40.5 Å². The van der Waals surface area contributed by atoms with Gasteiger partial charge in [0.2, 0.25) is 5.91 Å². The highest BCUT2D eigenvalue weighted by atomic mass is 32.2.